The van der Waals surface area contributed by atoms with Crippen LogP contribution in [0.15, 0.2) is 53.7 Å². The Morgan fingerprint density at radius 1 is 1.12 bits per heavy atom. The first-order chi connectivity index (χ1) is 15.7. The maximum Gasteiger partial charge on any atom is 0.417 e. The lowest BCUT2D eigenvalue weighted by atomic mass is 10.1. The van der Waals surface area contributed by atoms with Crippen LogP contribution in [0.5, 0.6) is 5.75 Å². The Morgan fingerprint density at radius 3 is 2.48 bits per heavy atom. The number of guanidine groups is 1. The van der Waals surface area contributed by atoms with E-state index in [1.165, 1.54) is 19.2 Å². The summed E-state index contributed by atoms with van der Waals surface area (Å²) < 4.78 is 39.8. The van der Waals surface area contributed by atoms with Gasteiger partial charge in [0, 0.05) is 30.1 Å². The van der Waals surface area contributed by atoms with Gasteiger partial charge in [0.2, 0.25) is 5.96 Å². The van der Waals surface area contributed by atoms with Gasteiger partial charge in [-0.3, -0.25) is 14.6 Å². The van der Waals surface area contributed by atoms with Crippen molar-refractivity contribution in [1.82, 2.24) is 14.8 Å². The zero-order valence-electron chi connectivity index (χ0n) is 18.6. The molecule has 1 heterocycles. The van der Waals surface area contributed by atoms with Gasteiger partial charge in [0.25, 0.3) is 5.91 Å². The van der Waals surface area contributed by atoms with Crippen molar-refractivity contribution >= 4 is 22.8 Å². The second-order valence-corrected chi connectivity index (χ2v) is 7.42. The first kappa shape index (κ1) is 24.1. The summed E-state index contributed by atoms with van der Waals surface area (Å²) in [5.74, 6) is -0.401. The number of para-hydroxylation sites is 1. The maximum atomic E-state index is 13.3. The number of amides is 1. The molecule has 33 heavy (non-hydrogen) atoms. The zero-order chi connectivity index (χ0) is 24.2. The Kier molecular flexibility index (Phi) is 7.27. The number of aromatic amines is 1. The fourth-order valence-electron chi connectivity index (χ4n) is 3.37. The smallest absolute Gasteiger partial charge is 0.367 e. The van der Waals surface area contributed by atoms with Crippen LogP contribution in [0.3, 0.4) is 0 Å². The van der Waals surface area contributed by atoms with Crippen LogP contribution in [0.1, 0.15) is 35.5 Å². The summed E-state index contributed by atoms with van der Waals surface area (Å²) in [6.45, 7) is 6.52. The average molecular weight is 461 g/mol. The molecule has 0 spiro atoms. The highest BCUT2D eigenvalue weighted by Gasteiger charge is 2.33. The molecule has 0 bridgehead atoms. The second-order valence-electron chi connectivity index (χ2n) is 7.42. The molecule has 0 fully saturated rings. The summed E-state index contributed by atoms with van der Waals surface area (Å²) in [7, 11) is 1.36. The quantitative estimate of drug-likeness (QED) is 0.310. The highest BCUT2D eigenvalue weighted by Crippen LogP contribution is 2.35. The third-order valence-electron chi connectivity index (χ3n) is 5.35. The van der Waals surface area contributed by atoms with Crippen molar-refractivity contribution in [3.63, 3.8) is 0 Å². The van der Waals surface area contributed by atoms with Crippen molar-refractivity contribution in [1.29, 1.82) is 0 Å². The van der Waals surface area contributed by atoms with Gasteiger partial charge in [-0.05, 0) is 42.5 Å². The normalized spacial score (nSPS) is 12.4. The number of nitrogens with one attached hydrogen (secondary N) is 1. The molecule has 0 aliphatic rings. The molecule has 1 aromatic heterocycles. The number of oxime groups is 1. The summed E-state index contributed by atoms with van der Waals surface area (Å²) >= 11 is 0. The number of aromatic nitrogens is 1. The molecular weight excluding hydrogens is 435 g/mol. The summed E-state index contributed by atoms with van der Waals surface area (Å²) in [6, 6.07) is 12.2. The van der Waals surface area contributed by atoms with Gasteiger partial charge in [-0.25, -0.2) is 0 Å². The van der Waals surface area contributed by atoms with E-state index in [-0.39, 0.29) is 22.6 Å². The fraction of sp³-hybridized carbons (Fsp3) is 0.304. The Labute approximate surface area is 189 Å². The molecular formula is C23H26F3N5O2. The minimum atomic E-state index is -4.54. The number of H-pyrrole nitrogens is 1. The molecule has 0 aliphatic carbocycles. The van der Waals surface area contributed by atoms with Crippen LogP contribution in [0.4, 0.5) is 13.2 Å². The first-order valence-corrected chi connectivity index (χ1v) is 10.4. The lowest BCUT2D eigenvalue weighted by Gasteiger charge is -2.19. The van der Waals surface area contributed by atoms with E-state index in [0.717, 1.165) is 35.7 Å². The van der Waals surface area contributed by atoms with E-state index >= 15 is 0 Å². The highest BCUT2D eigenvalue weighted by molar-refractivity contribution is 6.06. The van der Waals surface area contributed by atoms with Crippen LogP contribution in [-0.2, 0) is 12.7 Å². The van der Waals surface area contributed by atoms with Crippen molar-refractivity contribution in [3.05, 3.63) is 65.4 Å². The Bertz CT molecular complexity index is 1150. The number of rotatable bonds is 7. The van der Waals surface area contributed by atoms with Crippen LogP contribution in [0.25, 0.3) is 10.9 Å². The van der Waals surface area contributed by atoms with Crippen molar-refractivity contribution < 1.29 is 22.8 Å². The summed E-state index contributed by atoms with van der Waals surface area (Å²) in [5.41, 5.74) is 6.15. The number of halogens is 3. The van der Waals surface area contributed by atoms with Crippen LogP contribution in [-0.4, -0.2) is 46.8 Å². The number of carbonyl (C=O) groups is 1. The monoisotopic (exact) mass is 461 g/mol. The van der Waals surface area contributed by atoms with Gasteiger partial charge in [-0.2, -0.15) is 13.2 Å². The van der Waals surface area contributed by atoms with E-state index in [1.54, 1.807) is 12.1 Å². The molecule has 3 N–H and O–H groups in total. The van der Waals surface area contributed by atoms with E-state index in [0.29, 0.717) is 12.3 Å². The molecule has 2 aromatic carbocycles. The van der Waals surface area contributed by atoms with Crippen molar-refractivity contribution in [3.8, 4) is 5.75 Å². The molecule has 0 saturated heterocycles. The van der Waals surface area contributed by atoms with Gasteiger partial charge in [0.1, 0.15) is 5.69 Å². The number of fused-ring (bicyclic) bond motifs is 1. The van der Waals surface area contributed by atoms with Crippen LogP contribution < -0.4 is 10.6 Å². The third kappa shape index (κ3) is 5.46. The summed E-state index contributed by atoms with van der Waals surface area (Å²) in [4.78, 5) is 24.2. The molecule has 0 unspecified atom stereocenters. The first-order valence-electron chi connectivity index (χ1n) is 10.4. The molecule has 3 rings (SSSR count). The van der Waals surface area contributed by atoms with Gasteiger partial charge in [0.05, 0.1) is 5.56 Å². The number of benzene rings is 2. The van der Waals surface area contributed by atoms with Gasteiger partial charge in [-0.1, -0.05) is 38.1 Å². The van der Waals surface area contributed by atoms with E-state index in [9.17, 15) is 18.0 Å². The number of nitrogens with zero attached hydrogens (tertiary/aromatic N) is 3. The molecule has 10 heteroatoms. The van der Waals surface area contributed by atoms with Crippen LogP contribution in [0.2, 0.25) is 0 Å². The van der Waals surface area contributed by atoms with E-state index in [4.69, 9.17) is 10.6 Å². The average Bonchev–Trinajstić information content (AvgIpc) is 3.24. The standard InChI is InChI=1S/C23H26F3N5O2/c1-4-31(5-2)14-15-9-6-7-12-20(15)33-29-22(27)30(3)21(32)19-13-16-17(23(24,25)26)10-8-11-18(16)28-19/h6-13,28H,4-5,14H2,1-3H3,(H2,27,29). The van der Waals surface area contributed by atoms with Gasteiger partial charge in [0.15, 0.2) is 5.75 Å². The fourth-order valence-corrected chi connectivity index (χ4v) is 3.37. The number of alkyl halides is 3. The highest BCUT2D eigenvalue weighted by atomic mass is 19.4. The number of hydrogen-bond acceptors (Lipinski definition) is 4. The Balaban J connectivity index is 1.79. The number of carbonyl (C=O) groups excluding carboxylic acids is 1. The molecule has 7 nitrogen and oxygen atoms in total. The van der Waals surface area contributed by atoms with Crippen LogP contribution >= 0.6 is 0 Å². The Morgan fingerprint density at radius 2 is 1.82 bits per heavy atom. The van der Waals surface area contributed by atoms with E-state index in [1.807, 2.05) is 12.1 Å². The van der Waals surface area contributed by atoms with E-state index in [2.05, 4.69) is 28.9 Å². The van der Waals surface area contributed by atoms with Gasteiger partial charge in [-0.15, -0.1) is 0 Å². The topological polar surface area (TPSA) is 86.9 Å². The third-order valence-corrected chi connectivity index (χ3v) is 5.35. The minimum Gasteiger partial charge on any atom is -0.367 e. The molecule has 1 amide bonds. The zero-order valence-corrected chi connectivity index (χ0v) is 18.6. The van der Waals surface area contributed by atoms with Crippen molar-refractivity contribution in [2.24, 2.45) is 10.9 Å². The lowest BCUT2D eigenvalue weighted by Crippen LogP contribution is -2.39. The SMILES string of the molecule is CCN(CC)Cc1ccccc1ON=C(N)N(C)C(=O)c1cc2c(C(F)(F)F)cccc2[nH]1. The van der Waals surface area contributed by atoms with E-state index < -0.39 is 17.6 Å². The predicted molar refractivity (Wildman–Crippen MR) is 121 cm³/mol. The second kappa shape index (κ2) is 9.95. The molecule has 3 aromatic rings. The lowest BCUT2D eigenvalue weighted by molar-refractivity contribution is -0.136. The van der Waals surface area contributed by atoms with Crippen molar-refractivity contribution in [2.45, 2.75) is 26.6 Å². The molecule has 0 atom stereocenters. The van der Waals surface area contributed by atoms with Gasteiger partial charge >= 0.3 is 6.18 Å². The Hall–Kier alpha value is -3.53. The predicted octanol–water partition coefficient (Wildman–Crippen LogP) is 4.41. The summed E-state index contributed by atoms with van der Waals surface area (Å²) in [5, 5.41) is 3.76. The largest absolute Gasteiger partial charge is 0.417 e. The number of hydrogen-bond donors (Lipinski definition) is 2. The van der Waals surface area contributed by atoms with Gasteiger partial charge < -0.3 is 15.6 Å². The van der Waals surface area contributed by atoms with Crippen LogP contribution in [0, 0.1) is 0 Å². The molecule has 0 saturated carbocycles. The number of nitrogens with two attached hydrogens (primary N) is 1. The molecule has 0 aliphatic heterocycles. The van der Waals surface area contributed by atoms with Crippen molar-refractivity contribution in [2.75, 3.05) is 20.1 Å². The molecule has 176 valence electrons. The maximum absolute atomic E-state index is 13.3. The summed E-state index contributed by atoms with van der Waals surface area (Å²) in [6.07, 6.45) is -4.54. The molecule has 0 radical (unpaired) electrons. The minimum absolute atomic E-state index is 0.0516.